The van der Waals surface area contributed by atoms with Gasteiger partial charge in [0, 0.05) is 12.0 Å². The molecule has 2 nitrogen and oxygen atoms in total. The standard InChI is InChI=1S/C11H24O2/c1-5-6-13-9-11(4,8-12)7-10(2)3/h10,12H,5-9H2,1-4H3. The third-order valence-corrected chi connectivity index (χ3v) is 2.08. The lowest BCUT2D eigenvalue weighted by Crippen LogP contribution is -2.29. The predicted molar refractivity (Wildman–Crippen MR) is 55.8 cm³/mol. The van der Waals surface area contributed by atoms with E-state index in [1.54, 1.807) is 0 Å². The second-order valence-electron chi connectivity index (χ2n) is 4.62. The van der Waals surface area contributed by atoms with Crippen molar-refractivity contribution >= 4 is 0 Å². The van der Waals surface area contributed by atoms with E-state index in [-0.39, 0.29) is 12.0 Å². The molecule has 0 spiro atoms. The molecule has 1 N–H and O–H groups in total. The van der Waals surface area contributed by atoms with Gasteiger partial charge in [0.1, 0.15) is 0 Å². The summed E-state index contributed by atoms with van der Waals surface area (Å²) in [7, 11) is 0. The van der Waals surface area contributed by atoms with Crippen molar-refractivity contribution in [2.24, 2.45) is 11.3 Å². The summed E-state index contributed by atoms with van der Waals surface area (Å²) in [6, 6.07) is 0. The molecule has 0 bridgehead atoms. The van der Waals surface area contributed by atoms with Crippen LogP contribution < -0.4 is 0 Å². The van der Waals surface area contributed by atoms with Crippen molar-refractivity contribution in [1.82, 2.24) is 0 Å². The maximum atomic E-state index is 9.25. The summed E-state index contributed by atoms with van der Waals surface area (Å²) < 4.78 is 5.48. The highest BCUT2D eigenvalue weighted by molar-refractivity contribution is 4.74. The van der Waals surface area contributed by atoms with Gasteiger partial charge in [0.2, 0.25) is 0 Å². The lowest BCUT2D eigenvalue weighted by molar-refractivity contribution is 0.00552. The van der Waals surface area contributed by atoms with E-state index in [0.29, 0.717) is 12.5 Å². The molecule has 0 rings (SSSR count). The molecule has 0 aromatic carbocycles. The Kier molecular flexibility index (Phi) is 6.35. The van der Waals surface area contributed by atoms with E-state index in [2.05, 4.69) is 27.7 Å². The van der Waals surface area contributed by atoms with Gasteiger partial charge in [-0.2, -0.15) is 0 Å². The van der Waals surface area contributed by atoms with Crippen LogP contribution in [0, 0.1) is 11.3 Å². The van der Waals surface area contributed by atoms with Crippen molar-refractivity contribution in [2.45, 2.75) is 40.5 Å². The van der Waals surface area contributed by atoms with Crippen molar-refractivity contribution in [2.75, 3.05) is 19.8 Å². The summed E-state index contributed by atoms with van der Waals surface area (Å²) in [5, 5.41) is 9.25. The quantitative estimate of drug-likeness (QED) is 0.622. The molecule has 0 aromatic heterocycles. The van der Waals surface area contributed by atoms with Gasteiger partial charge >= 0.3 is 0 Å². The maximum absolute atomic E-state index is 9.25. The van der Waals surface area contributed by atoms with E-state index in [0.717, 1.165) is 19.4 Å². The first-order valence-corrected chi connectivity index (χ1v) is 5.22. The molecule has 80 valence electrons. The van der Waals surface area contributed by atoms with Gasteiger partial charge in [-0.3, -0.25) is 0 Å². The van der Waals surface area contributed by atoms with Gasteiger partial charge in [0.15, 0.2) is 0 Å². The van der Waals surface area contributed by atoms with Crippen LogP contribution in [-0.2, 0) is 4.74 Å². The first-order valence-electron chi connectivity index (χ1n) is 5.22. The molecule has 0 saturated carbocycles. The van der Waals surface area contributed by atoms with E-state index in [1.807, 2.05) is 0 Å². The van der Waals surface area contributed by atoms with E-state index in [1.165, 1.54) is 0 Å². The zero-order chi connectivity index (χ0) is 10.3. The minimum Gasteiger partial charge on any atom is -0.396 e. The van der Waals surface area contributed by atoms with Crippen LogP contribution in [0.2, 0.25) is 0 Å². The lowest BCUT2D eigenvalue weighted by Gasteiger charge is -2.28. The molecule has 13 heavy (non-hydrogen) atoms. The van der Waals surface area contributed by atoms with Crippen molar-refractivity contribution in [3.8, 4) is 0 Å². The van der Waals surface area contributed by atoms with Gasteiger partial charge in [0.05, 0.1) is 13.2 Å². The Labute approximate surface area is 82.3 Å². The average molecular weight is 188 g/mol. The largest absolute Gasteiger partial charge is 0.396 e. The molecule has 1 unspecified atom stereocenters. The first kappa shape index (κ1) is 12.9. The summed E-state index contributed by atoms with van der Waals surface area (Å²) in [5.41, 5.74) is -0.0522. The van der Waals surface area contributed by atoms with Crippen LogP contribution in [0.15, 0.2) is 0 Å². The fourth-order valence-corrected chi connectivity index (χ4v) is 1.62. The highest BCUT2D eigenvalue weighted by Crippen LogP contribution is 2.25. The third-order valence-electron chi connectivity index (χ3n) is 2.08. The smallest absolute Gasteiger partial charge is 0.0541 e. The van der Waals surface area contributed by atoms with E-state index < -0.39 is 0 Å². The molecule has 0 aromatic rings. The Morgan fingerprint density at radius 3 is 2.38 bits per heavy atom. The Morgan fingerprint density at radius 2 is 2.00 bits per heavy atom. The monoisotopic (exact) mass is 188 g/mol. The van der Waals surface area contributed by atoms with E-state index >= 15 is 0 Å². The Morgan fingerprint density at radius 1 is 1.38 bits per heavy atom. The number of hydrogen-bond acceptors (Lipinski definition) is 2. The normalized spacial score (nSPS) is 16.2. The molecule has 1 atom stereocenters. The molecule has 0 heterocycles. The summed E-state index contributed by atoms with van der Waals surface area (Å²) in [6.07, 6.45) is 2.07. The van der Waals surface area contributed by atoms with Crippen molar-refractivity contribution in [3.63, 3.8) is 0 Å². The van der Waals surface area contributed by atoms with Crippen LogP contribution in [0.25, 0.3) is 0 Å². The first-order chi connectivity index (χ1) is 6.04. The number of rotatable bonds is 7. The van der Waals surface area contributed by atoms with Gasteiger partial charge in [-0.05, 0) is 18.8 Å². The van der Waals surface area contributed by atoms with Crippen LogP contribution in [0.5, 0.6) is 0 Å². The second-order valence-corrected chi connectivity index (χ2v) is 4.62. The molecule has 0 radical (unpaired) electrons. The SMILES string of the molecule is CCCOCC(C)(CO)CC(C)C. The number of aliphatic hydroxyl groups is 1. The highest BCUT2D eigenvalue weighted by Gasteiger charge is 2.24. The van der Waals surface area contributed by atoms with Gasteiger partial charge in [0.25, 0.3) is 0 Å². The van der Waals surface area contributed by atoms with Crippen LogP contribution >= 0.6 is 0 Å². The fraction of sp³-hybridized carbons (Fsp3) is 1.00. The summed E-state index contributed by atoms with van der Waals surface area (Å²) in [6.45, 7) is 10.2. The predicted octanol–water partition coefficient (Wildman–Crippen LogP) is 2.46. The van der Waals surface area contributed by atoms with Crippen LogP contribution in [0.1, 0.15) is 40.5 Å². The molecule has 0 aliphatic heterocycles. The molecule has 0 aliphatic carbocycles. The van der Waals surface area contributed by atoms with Crippen LogP contribution in [-0.4, -0.2) is 24.9 Å². The summed E-state index contributed by atoms with van der Waals surface area (Å²) >= 11 is 0. The molecular weight excluding hydrogens is 164 g/mol. The van der Waals surface area contributed by atoms with Crippen LogP contribution in [0.3, 0.4) is 0 Å². The zero-order valence-electron chi connectivity index (χ0n) is 9.47. The molecule has 2 heteroatoms. The molecule has 0 aliphatic rings. The third kappa shape index (κ3) is 6.05. The summed E-state index contributed by atoms with van der Waals surface area (Å²) in [4.78, 5) is 0. The minimum absolute atomic E-state index is 0.0522. The number of ether oxygens (including phenoxy) is 1. The molecule has 0 fully saturated rings. The second kappa shape index (κ2) is 6.39. The van der Waals surface area contributed by atoms with Gasteiger partial charge < -0.3 is 9.84 Å². The van der Waals surface area contributed by atoms with Crippen molar-refractivity contribution < 1.29 is 9.84 Å². The van der Waals surface area contributed by atoms with Gasteiger partial charge in [-0.25, -0.2) is 0 Å². The number of hydrogen-bond donors (Lipinski definition) is 1. The topological polar surface area (TPSA) is 29.5 Å². The molecular formula is C11H24O2. The molecule has 0 saturated heterocycles. The fourth-order valence-electron chi connectivity index (χ4n) is 1.62. The van der Waals surface area contributed by atoms with Crippen molar-refractivity contribution in [3.05, 3.63) is 0 Å². The Bertz CT molecular complexity index is 123. The lowest BCUT2D eigenvalue weighted by atomic mass is 9.83. The minimum atomic E-state index is -0.0522. The average Bonchev–Trinajstić information content (AvgIpc) is 2.04. The Balaban J connectivity index is 3.81. The highest BCUT2D eigenvalue weighted by atomic mass is 16.5. The Hall–Kier alpha value is -0.0800. The number of aliphatic hydroxyl groups excluding tert-OH is 1. The van der Waals surface area contributed by atoms with Gasteiger partial charge in [-0.1, -0.05) is 27.7 Å². The zero-order valence-corrected chi connectivity index (χ0v) is 9.47. The van der Waals surface area contributed by atoms with E-state index in [4.69, 9.17) is 4.74 Å². The molecule has 0 amide bonds. The maximum Gasteiger partial charge on any atom is 0.0541 e. The van der Waals surface area contributed by atoms with Gasteiger partial charge in [-0.15, -0.1) is 0 Å². The summed E-state index contributed by atoms with van der Waals surface area (Å²) in [5.74, 6) is 0.613. The van der Waals surface area contributed by atoms with Crippen LogP contribution in [0.4, 0.5) is 0 Å². The van der Waals surface area contributed by atoms with E-state index in [9.17, 15) is 5.11 Å². The van der Waals surface area contributed by atoms with Crippen molar-refractivity contribution in [1.29, 1.82) is 0 Å².